The van der Waals surface area contributed by atoms with Gasteiger partial charge in [0.2, 0.25) is 10.0 Å². The van der Waals surface area contributed by atoms with Crippen molar-refractivity contribution in [1.82, 2.24) is 23.8 Å². The van der Waals surface area contributed by atoms with Crippen LogP contribution in [0.5, 0.6) is 0 Å². The van der Waals surface area contributed by atoms with Crippen LogP contribution in [0.1, 0.15) is 10.4 Å². The normalized spacial score (nSPS) is 15.7. The Kier molecular flexibility index (Phi) is 5.16. The number of imidazole rings is 1. The van der Waals surface area contributed by atoms with Crippen LogP contribution in [0.25, 0.3) is 5.65 Å². The molecule has 1 fully saturated rings. The lowest BCUT2D eigenvalue weighted by molar-refractivity contribution is 0.0730. The lowest BCUT2D eigenvalue weighted by Gasteiger charge is -2.26. The minimum Gasteiger partial charge on any atom is -0.379 e. The van der Waals surface area contributed by atoms with Gasteiger partial charge in [0.05, 0.1) is 24.3 Å². The van der Waals surface area contributed by atoms with Crippen LogP contribution >= 0.6 is 0 Å². The summed E-state index contributed by atoms with van der Waals surface area (Å²) in [4.78, 5) is 12.5. The van der Waals surface area contributed by atoms with Crippen molar-refractivity contribution in [1.29, 1.82) is 0 Å². The summed E-state index contributed by atoms with van der Waals surface area (Å²) < 4.78 is 35.6. The summed E-state index contributed by atoms with van der Waals surface area (Å²) in [6.07, 6.45) is 5.47. The number of benzene rings is 1. The molecular weight excluding hydrogens is 382 g/mol. The molecule has 2 aromatic heterocycles. The van der Waals surface area contributed by atoms with E-state index < -0.39 is 10.0 Å². The summed E-state index contributed by atoms with van der Waals surface area (Å²) in [6, 6.07) is 7.92. The predicted octanol–water partition coefficient (Wildman–Crippen LogP) is 0.587. The quantitative estimate of drug-likeness (QED) is 0.650. The average Bonchev–Trinajstić information content (AvgIpc) is 3.33. The summed E-state index contributed by atoms with van der Waals surface area (Å²) in [6.45, 7) is 2.53. The van der Waals surface area contributed by atoms with Crippen LogP contribution in [0, 0.1) is 0 Å². The van der Waals surface area contributed by atoms with Gasteiger partial charge in [-0.1, -0.05) is 0 Å². The predicted molar refractivity (Wildman–Crippen MR) is 102 cm³/mol. The molecule has 0 atom stereocenters. The molecule has 1 N–H and O–H groups in total. The number of carbonyl (C=O) groups excluding carboxylic acids is 1. The molecule has 1 saturated heterocycles. The highest BCUT2D eigenvalue weighted by molar-refractivity contribution is 7.89. The van der Waals surface area contributed by atoms with Gasteiger partial charge in [0.1, 0.15) is 5.65 Å². The summed E-state index contributed by atoms with van der Waals surface area (Å²) in [5.74, 6) is -0.244. The first-order valence-corrected chi connectivity index (χ1v) is 10.4. The number of amides is 1. The van der Waals surface area contributed by atoms with E-state index in [0.29, 0.717) is 45.0 Å². The monoisotopic (exact) mass is 403 g/mol. The number of fused-ring (bicyclic) bond motifs is 1. The van der Waals surface area contributed by atoms with Gasteiger partial charge in [0, 0.05) is 50.2 Å². The minimum absolute atomic E-state index is 0.182. The summed E-state index contributed by atoms with van der Waals surface area (Å²) in [5.41, 5.74) is 1.37. The van der Waals surface area contributed by atoms with E-state index in [0.717, 1.165) is 5.65 Å². The van der Waals surface area contributed by atoms with E-state index in [9.17, 15) is 13.2 Å². The highest BCUT2D eigenvalue weighted by Gasteiger charge is 2.26. The number of hydrogen-bond acceptors (Lipinski definition) is 5. The highest BCUT2D eigenvalue weighted by atomic mass is 32.2. The maximum Gasteiger partial charge on any atom is 0.251 e. The molecule has 3 aromatic rings. The molecule has 3 heterocycles. The molecule has 0 aliphatic carbocycles. The van der Waals surface area contributed by atoms with Crippen LogP contribution < -0.4 is 5.32 Å². The van der Waals surface area contributed by atoms with Gasteiger partial charge >= 0.3 is 0 Å². The molecule has 0 unspecified atom stereocenters. The fourth-order valence-corrected chi connectivity index (χ4v) is 4.57. The van der Waals surface area contributed by atoms with Crippen molar-refractivity contribution in [2.24, 2.45) is 0 Å². The molecule has 1 aliphatic rings. The number of hydrogen-bond donors (Lipinski definition) is 1. The highest BCUT2D eigenvalue weighted by Crippen LogP contribution is 2.17. The second-order valence-corrected chi connectivity index (χ2v) is 8.36. The molecule has 1 amide bonds. The zero-order valence-electron chi connectivity index (χ0n) is 15.2. The third-order valence-electron chi connectivity index (χ3n) is 4.69. The van der Waals surface area contributed by atoms with Crippen molar-refractivity contribution in [3.63, 3.8) is 0 Å². The fourth-order valence-electron chi connectivity index (χ4n) is 3.16. The second-order valence-electron chi connectivity index (χ2n) is 6.42. The average molecular weight is 403 g/mol. The topological polar surface area (TPSA) is 97.9 Å². The van der Waals surface area contributed by atoms with Gasteiger partial charge in [-0.25, -0.2) is 12.9 Å². The van der Waals surface area contributed by atoms with Crippen molar-refractivity contribution in [3.05, 3.63) is 54.5 Å². The number of morpholine rings is 1. The standard InChI is InChI=1S/C18H21N5O4S/c24-18(19-7-8-21-9-10-23-17(21)5-6-20-23)15-1-3-16(4-2-15)28(25,26)22-11-13-27-14-12-22/h1-6,9-10H,7-8,11-14H2,(H,19,24). The molecule has 0 saturated carbocycles. The van der Waals surface area contributed by atoms with Gasteiger partial charge in [-0.3, -0.25) is 4.79 Å². The Labute approximate surface area is 162 Å². The Morgan fingerprint density at radius 1 is 1.11 bits per heavy atom. The van der Waals surface area contributed by atoms with E-state index in [1.807, 2.05) is 23.0 Å². The molecule has 9 nitrogen and oxygen atoms in total. The van der Waals surface area contributed by atoms with Crippen LogP contribution in [0.3, 0.4) is 0 Å². The smallest absolute Gasteiger partial charge is 0.251 e. The van der Waals surface area contributed by atoms with Crippen molar-refractivity contribution >= 4 is 21.6 Å². The third kappa shape index (κ3) is 3.66. The first-order valence-electron chi connectivity index (χ1n) is 9.00. The molecule has 28 heavy (non-hydrogen) atoms. The third-order valence-corrected chi connectivity index (χ3v) is 6.61. The Morgan fingerprint density at radius 2 is 1.86 bits per heavy atom. The molecule has 0 bridgehead atoms. The van der Waals surface area contributed by atoms with E-state index in [-0.39, 0.29) is 10.8 Å². The van der Waals surface area contributed by atoms with Crippen LogP contribution in [0.4, 0.5) is 0 Å². The maximum absolute atomic E-state index is 12.6. The molecular formula is C18H21N5O4S. The summed E-state index contributed by atoms with van der Waals surface area (Å²) >= 11 is 0. The molecule has 10 heteroatoms. The number of aromatic nitrogens is 3. The van der Waals surface area contributed by atoms with Crippen LogP contribution in [0.2, 0.25) is 0 Å². The second kappa shape index (κ2) is 7.74. The number of nitrogens with zero attached hydrogens (tertiary/aromatic N) is 4. The SMILES string of the molecule is O=C(NCCn1ccn2nccc12)c1ccc(S(=O)(=O)N2CCOCC2)cc1. The fraction of sp³-hybridized carbons (Fsp3) is 0.333. The van der Waals surface area contributed by atoms with Gasteiger partial charge in [0.15, 0.2) is 0 Å². The van der Waals surface area contributed by atoms with Gasteiger partial charge in [-0.05, 0) is 24.3 Å². The van der Waals surface area contributed by atoms with Crippen molar-refractivity contribution in [3.8, 4) is 0 Å². The minimum atomic E-state index is -3.56. The summed E-state index contributed by atoms with van der Waals surface area (Å²) in [7, 11) is -3.56. The van der Waals surface area contributed by atoms with E-state index >= 15 is 0 Å². The lowest BCUT2D eigenvalue weighted by Crippen LogP contribution is -2.40. The molecule has 1 aromatic carbocycles. The Balaban J connectivity index is 1.36. The molecule has 0 radical (unpaired) electrons. The van der Waals surface area contributed by atoms with Gasteiger partial charge in [-0.15, -0.1) is 0 Å². The first-order chi connectivity index (χ1) is 13.6. The first kappa shape index (κ1) is 18.7. The molecule has 4 rings (SSSR count). The van der Waals surface area contributed by atoms with E-state index in [4.69, 9.17) is 4.74 Å². The van der Waals surface area contributed by atoms with Crippen LogP contribution in [-0.4, -0.2) is 65.7 Å². The van der Waals surface area contributed by atoms with Crippen molar-refractivity contribution < 1.29 is 17.9 Å². The van der Waals surface area contributed by atoms with E-state index in [1.165, 1.54) is 28.6 Å². The number of sulfonamides is 1. The van der Waals surface area contributed by atoms with Crippen molar-refractivity contribution in [2.45, 2.75) is 11.4 Å². The number of carbonyl (C=O) groups is 1. The van der Waals surface area contributed by atoms with Gasteiger partial charge in [-0.2, -0.15) is 9.40 Å². The Bertz CT molecular complexity index is 1070. The van der Waals surface area contributed by atoms with Gasteiger partial charge in [0.25, 0.3) is 5.91 Å². The zero-order valence-corrected chi connectivity index (χ0v) is 16.0. The molecule has 0 spiro atoms. The van der Waals surface area contributed by atoms with Gasteiger partial charge < -0.3 is 14.6 Å². The Hall–Kier alpha value is -2.69. The van der Waals surface area contributed by atoms with Crippen molar-refractivity contribution in [2.75, 3.05) is 32.8 Å². The molecule has 148 valence electrons. The molecule has 1 aliphatic heterocycles. The largest absolute Gasteiger partial charge is 0.379 e. The zero-order chi connectivity index (χ0) is 19.6. The van der Waals surface area contributed by atoms with E-state index in [2.05, 4.69) is 10.4 Å². The Morgan fingerprint density at radius 3 is 2.61 bits per heavy atom. The van der Waals surface area contributed by atoms with Crippen LogP contribution in [-0.2, 0) is 21.3 Å². The maximum atomic E-state index is 12.6. The number of nitrogens with one attached hydrogen (secondary N) is 1. The van der Waals surface area contributed by atoms with Crippen LogP contribution in [0.15, 0.2) is 53.8 Å². The number of rotatable bonds is 6. The lowest BCUT2D eigenvalue weighted by atomic mass is 10.2. The number of ether oxygens (including phenoxy) is 1. The van der Waals surface area contributed by atoms with E-state index in [1.54, 1.807) is 10.7 Å². The summed E-state index contributed by atoms with van der Waals surface area (Å²) in [5, 5.41) is 6.99.